The lowest BCUT2D eigenvalue weighted by atomic mass is 10.2. The molecular weight excluding hydrogens is 398 g/mol. The van der Waals surface area contributed by atoms with Crippen molar-refractivity contribution in [2.24, 2.45) is 0 Å². The van der Waals surface area contributed by atoms with Crippen LogP contribution in [0.5, 0.6) is 0 Å². The Labute approximate surface area is 175 Å². The average molecular weight is 424 g/mol. The number of thiazole rings is 1. The van der Waals surface area contributed by atoms with Gasteiger partial charge in [-0.1, -0.05) is 43.4 Å². The first-order valence-electron chi connectivity index (χ1n) is 9.03. The van der Waals surface area contributed by atoms with Crippen molar-refractivity contribution >= 4 is 56.3 Å². The third kappa shape index (κ3) is 5.29. The standard InChI is InChI=1S/C20H25N3OS2.ClH/c1-4-22(5-2)11-12-23(18(24)14-16-9-7-13-25-16)20-21-19-15(3)8-6-10-17(19)26-20;/h6-10,13H,4-5,11-12,14H2,1-3H3;1H. The Morgan fingerprint density at radius 2 is 1.89 bits per heavy atom. The Kier molecular flexibility index (Phi) is 8.23. The number of fused-ring (bicyclic) bond motifs is 1. The maximum atomic E-state index is 13.0. The number of nitrogens with zero attached hydrogens (tertiary/aromatic N) is 3. The lowest BCUT2D eigenvalue weighted by molar-refractivity contribution is -0.118. The molecule has 3 rings (SSSR count). The Morgan fingerprint density at radius 3 is 2.52 bits per heavy atom. The highest BCUT2D eigenvalue weighted by atomic mass is 35.5. The van der Waals surface area contributed by atoms with Crippen LogP contribution in [0.25, 0.3) is 10.2 Å². The number of carbonyl (C=O) groups is 1. The summed E-state index contributed by atoms with van der Waals surface area (Å²) in [5.74, 6) is 0.122. The van der Waals surface area contributed by atoms with Crippen LogP contribution in [0.4, 0.5) is 5.13 Å². The van der Waals surface area contributed by atoms with Crippen molar-refractivity contribution in [1.82, 2.24) is 9.88 Å². The molecule has 0 aliphatic carbocycles. The predicted octanol–water partition coefficient (Wildman–Crippen LogP) is 5.01. The van der Waals surface area contributed by atoms with Crippen LogP contribution in [-0.4, -0.2) is 42.0 Å². The fourth-order valence-corrected chi connectivity index (χ4v) is 4.74. The Hall–Kier alpha value is -1.47. The van der Waals surface area contributed by atoms with Crippen LogP contribution in [0.2, 0.25) is 0 Å². The molecule has 146 valence electrons. The Bertz CT molecular complexity index is 859. The summed E-state index contributed by atoms with van der Waals surface area (Å²) in [6, 6.07) is 10.2. The molecule has 2 aromatic heterocycles. The number of carbonyl (C=O) groups excluding carboxylic acids is 1. The number of hydrogen-bond donors (Lipinski definition) is 0. The number of thiophene rings is 1. The number of likely N-dealkylation sites (N-methyl/N-ethyl adjacent to an activating group) is 1. The normalized spacial score (nSPS) is 11.0. The fourth-order valence-electron chi connectivity index (χ4n) is 2.96. The van der Waals surface area contributed by atoms with Crippen molar-refractivity contribution in [2.45, 2.75) is 27.2 Å². The van der Waals surface area contributed by atoms with Crippen LogP contribution >= 0.6 is 35.1 Å². The quantitative estimate of drug-likeness (QED) is 0.511. The Balaban J connectivity index is 0.00000261. The molecule has 2 heterocycles. The van der Waals surface area contributed by atoms with Gasteiger partial charge in [0.2, 0.25) is 5.91 Å². The first kappa shape index (κ1) is 21.8. The second-order valence-electron chi connectivity index (χ2n) is 6.25. The first-order chi connectivity index (χ1) is 12.6. The van der Waals surface area contributed by atoms with Gasteiger partial charge in [-0.3, -0.25) is 9.69 Å². The van der Waals surface area contributed by atoms with E-state index in [2.05, 4.69) is 37.8 Å². The van der Waals surface area contributed by atoms with Gasteiger partial charge in [0.05, 0.1) is 16.6 Å². The summed E-state index contributed by atoms with van der Waals surface area (Å²) in [5.41, 5.74) is 2.16. The second-order valence-corrected chi connectivity index (χ2v) is 8.29. The van der Waals surface area contributed by atoms with E-state index >= 15 is 0 Å². The van der Waals surface area contributed by atoms with Gasteiger partial charge in [0.1, 0.15) is 0 Å². The van der Waals surface area contributed by atoms with Gasteiger partial charge in [-0.2, -0.15) is 0 Å². The van der Waals surface area contributed by atoms with E-state index in [1.54, 1.807) is 22.7 Å². The monoisotopic (exact) mass is 423 g/mol. The highest BCUT2D eigenvalue weighted by Gasteiger charge is 2.21. The number of anilines is 1. The second kappa shape index (κ2) is 10.2. The molecule has 1 amide bonds. The summed E-state index contributed by atoms with van der Waals surface area (Å²) in [6.45, 7) is 9.89. The molecule has 4 nitrogen and oxygen atoms in total. The molecular formula is C20H26ClN3OS2. The third-order valence-corrected chi connectivity index (χ3v) is 6.50. The van der Waals surface area contributed by atoms with Gasteiger partial charge in [-0.25, -0.2) is 4.98 Å². The van der Waals surface area contributed by atoms with Gasteiger partial charge in [0.15, 0.2) is 5.13 Å². The third-order valence-electron chi connectivity index (χ3n) is 4.58. The molecule has 0 aliphatic rings. The molecule has 0 saturated carbocycles. The van der Waals surface area contributed by atoms with Gasteiger partial charge >= 0.3 is 0 Å². The molecule has 0 bridgehead atoms. The largest absolute Gasteiger partial charge is 0.302 e. The average Bonchev–Trinajstić information content (AvgIpc) is 3.29. The molecule has 3 aromatic rings. The number of para-hydroxylation sites is 1. The number of amides is 1. The molecule has 0 fully saturated rings. The molecule has 7 heteroatoms. The van der Waals surface area contributed by atoms with Crippen LogP contribution in [0.15, 0.2) is 35.7 Å². The lowest BCUT2D eigenvalue weighted by Gasteiger charge is -2.24. The van der Waals surface area contributed by atoms with Gasteiger partial charge in [-0.05, 0) is 43.1 Å². The van der Waals surface area contributed by atoms with E-state index in [4.69, 9.17) is 4.98 Å². The zero-order valence-electron chi connectivity index (χ0n) is 16.0. The maximum absolute atomic E-state index is 13.0. The number of benzene rings is 1. The number of halogens is 1. The highest BCUT2D eigenvalue weighted by Crippen LogP contribution is 2.31. The lowest BCUT2D eigenvalue weighted by Crippen LogP contribution is -2.39. The van der Waals surface area contributed by atoms with E-state index in [1.807, 2.05) is 28.5 Å². The minimum atomic E-state index is 0. The van der Waals surface area contributed by atoms with Gasteiger partial charge < -0.3 is 4.90 Å². The van der Waals surface area contributed by atoms with Gasteiger partial charge in [-0.15, -0.1) is 23.7 Å². The van der Waals surface area contributed by atoms with Crippen molar-refractivity contribution in [3.8, 4) is 0 Å². The number of rotatable bonds is 8. The molecule has 0 saturated heterocycles. The van der Waals surface area contributed by atoms with Crippen molar-refractivity contribution in [3.63, 3.8) is 0 Å². The Morgan fingerprint density at radius 1 is 1.11 bits per heavy atom. The van der Waals surface area contributed by atoms with Crippen molar-refractivity contribution in [2.75, 3.05) is 31.1 Å². The maximum Gasteiger partial charge on any atom is 0.234 e. The van der Waals surface area contributed by atoms with E-state index < -0.39 is 0 Å². The van der Waals surface area contributed by atoms with E-state index in [-0.39, 0.29) is 18.3 Å². The van der Waals surface area contributed by atoms with E-state index in [9.17, 15) is 4.79 Å². The smallest absolute Gasteiger partial charge is 0.234 e. The number of aromatic nitrogens is 1. The van der Waals surface area contributed by atoms with Crippen LogP contribution in [-0.2, 0) is 11.2 Å². The van der Waals surface area contributed by atoms with Crippen molar-refractivity contribution in [1.29, 1.82) is 0 Å². The van der Waals surface area contributed by atoms with Crippen molar-refractivity contribution in [3.05, 3.63) is 46.2 Å². The van der Waals surface area contributed by atoms with Crippen LogP contribution in [0, 0.1) is 6.92 Å². The molecule has 27 heavy (non-hydrogen) atoms. The van der Waals surface area contributed by atoms with Crippen LogP contribution < -0.4 is 4.90 Å². The summed E-state index contributed by atoms with van der Waals surface area (Å²) in [4.78, 5) is 23.2. The number of hydrogen-bond acceptors (Lipinski definition) is 5. The van der Waals surface area contributed by atoms with Crippen LogP contribution in [0.1, 0.15) is 24.3 Å². The van der Waals surface area contributed by atoms with Crippen LogP contribution in [0.3, 0.4) is 0 Å². The highest BCUT2D eigenvalue weighted by molar-refractivity contribution is 7.22. The van der Waals surface area contributed by atoms with Gasteiger partial charge in [0, 0.05) is 18.0 Å². The van der Waals surface area contributed by atoms with E-state index in [0.29, 0.717) is 13.0 Å². The first-order valence-corrected chi connectivity index (χ1v) is 10.7. The summed E-state index contributed by atoms with van der Waals surface area (Å²) in [7, 11) is 0. The minimum Gasteiger partial charge on any atom is -0.302 e. The molecule has 0 spiro atoms. The van der Waals surface area contributed by atoms with E-state index in [1.165, 1.54) is 0 Å². The van der Waals surface area contributed by atoms with E-state index in [0.717, 1.165) is 45.4 Å². The van der Waals surface area contributed by atoms with Crippen molar-refractivity contribution < 1.29 is 4.79 Å². The zero-order chi connectivity index (χ0) is 18.5. The molecule has 0 atom stereocenters. The topological polar surface area (TPSA) is 36.4 Å². The minimum absolute atomic E-state index is 0. The number of aryl methyl sites for hydroxylation is 1. The molecule has 0 unspecified atom stereocenters. The summed E-state index contributed by atoms with van der Waals surface area (Å²) in [6.07, 6.45) is 0.435. The summed E-state index contributed by atoms with van der Waals surface area (Å²) in [5, 5.41) is 2.83. The SMILES string of the molecule is CCN(CC)CCN(C(=O)Cc1cccs1)c1nc2c(C)cccc2s1.Cl. The molecule has 0 aliphatic heterocycles. The van der Waals surface area contributed by atoms with Gasteiger partial charge in [0.25, 0.3) is 0 Å². The zero-order valence-corrected chi connectivity index (χ0v) is 18.4. The fraction of sp³-hybridized carbons (Fsp3) is 0.400. The molecule has 0 radical (unpaired) electrons. The molecule has 1 aromatic carbocycles. The summed E-state index contributed by atoms with van der Waals surface area (Å²) < 4.78 is 1.14. The molecule has 0 N–H and O–H groups in total. The summed E-state index contributed by atoms with van der Waals surface area (Å²) >= 11 is 3.24. The predicted molar refractivity (Wildman–Crippen MR) is 120 cm³/mol.